The van der Waals surface area contributed by atoms with Gasteiger partial charge in [0.1, 0.15) is 0 Å². The maximum atomic E-state index is 3.94. The molecular formula is C17H33NS. The fourth-order valence-electron chi connectivity index (χ4n) is 3.84. The van der Waals surface area contributed by atoms with Crippen molar-refractivity contribution in [3.05, 3.63) is 0 Å². The van der Waals surface area contributed by atoms with E-state index in [0.717, 1.165) is 6.04 Å². The van der Waals surface area contributed by atoms with Crippen LogP contribution in [-0.4, -0.2) is 23.6 Å². The normalized spacial score (nSPS) is 30.8. The van der Waals surface area contributed by atoms with Crippen molar-refractivity contribution in [3.8, 4) is 0 Å². The van der Waals surface area contributed by atoms with Crippen molar-refractivity contribution in [2.24, 2.45) is 5.41 Å². The first-order valence-electron chi connectivity index (χ1n) is 8.34. The smallest absolute Gasteiger partial charge is 0.0281 e. The summed E-state index contributed by atoms with van der Waals surface area (Å²) in [4.78, 5) is 0. The van der Waals surface area contributed by atoms with Gasteiger partial charge in [0.2, 0.25) is 0 Å². The molecule has 2 rings (SSSR count). The molecule has 1 unspecified atom stereocenters. The molecule has 2 aliphatic carbocycles. The van der Waals surface area contributed by atoms with E-state index in [1.807, 2.05) is 0 Å². The molecule has 1 N–H and O–H groups in total. The van der Waals surface area contributed by atoms with Crippen molar-refractivity contribution in [1.82, 2.24) is 5.32 Å². The van der Waals surface area contributed by atoms with Crippen LogP contribution in [0.15, 0.2) is 0 Å². The third-order valence-corrected chi connectivity index (χ3v) is 6.91. The molecule has 0 bridgehead atoms. The lowest BCUT2D eigenvalue weighted by molar-refractivity contribution is 0.306. The zero-order chi connectivity index (χ0) is 13.8. The Kier molecular flexibility index (Phi) is 5.65. The van der Waals surface area contributed by atoms with E-state index in [2.05, 4.69) is 37.2 Å². The third-order valence-electron chi connectivity index (χ3n) is 5.49. The predicted molar refractivity (Wildman–Crippen MR) is 88.0 cm³/mol. The molecule has 2 heteroatoms. The number of hydrogen-bond acceptors (Lipinski definition) is 2. The molecule has 2 fully saturated rings. The standard InChI is InChI=1S/C17H33NS/c1-16(2)10-7-8-15(9-13-16)18-14-17(19-3)11-5-4-6-12-17/h15,18H,4-14H2,1-3H3. The van der Waals surface area contributed by atoms with Crippen LogP contribution in [0, 0.1) is 5.41 Å². The number of thioether (sulfide) groups is 1. The van der Waals surface area contributed by atoms with Crippen molar-refractivity contribution in [2.75, 3.05) is 12.8 Å². The highest BCUT2D eigenvalue weighted by Crippen LogP contribution is 2.39. The topological polar surface area (TPSA) is 12.0 Å². The Bertz CT molecular complexity index is 268. The van der Waals surface area contributed by atoms with Gasteiger partial charge in [-0.25, -0.2) is 0 Å². The molecule has 0 spiro atoms. The van der Waals surface area contributed by atoms with Crippen LogP contribution in [0.5, 0.6) is 0 Å². The molecule has 19 heavy (non-hydrogen) atoms. The van der Waals surface area contributed by atoms with Crippen molar-refractivity contribution < 1.29 is 0 Å². The first-order chi connectivity index (χ1) is 9.05. The first kappa shape index (κ1) is 15.7. The summed E-state index contributed by atoms with van der Waals surface area (Å²) in [5.74, 6) is 0. The predicted octanol–water partition coefficient (Wildman–Crippen LogP) is 5.00. The molecule has 1 nitrogen and oxygen atoms in total. The van der Waals surface area contributed by atoms with E-state index in [4.69, 9.17) is 0 Å². The third kappa shape index (κ3) is 4.67. The van der Waals surface area contributed by atoms with E-state index < -0.39 is 0 Å². The maximum absolute atomic E-state index is 3.94. The highest BCUT2D eigenvalue weighted by atomic mass is 32.2. The molecule has 0 aromatic rings. The zero-order valence-electron chi connectivity index (χ0n) is 13.3. The summed E-state index contributed by atoms with van der Waals surface area (Å²) in [6.45, 7) is 6.14. The molecule has 1 atom stereocenters. The summed E-state index contributed by atoms with van der Waals surface area (Å²) in [6.07, 6.45) is 16.5. The first-order valence-corrected chi connectivity index (χ1v) is 9.56. The van der Waals surface area contributed by atoms with E-state index in [9.17, 15) is 0 Å². The van der Waals surface area contributed by atoms with Crippen molar-refractivity contribution in [2.45, 2.75) is 88.8 Å². The van der Waals surface area contributed by atoms with Gasteiger partial charge in [-0.3, -0.25) is 0 Å². The molecule has 2 aliphatic rings. The van der Waals surface area contributed by atoms with Gasteiger partial charge >= 0.3 is 0 Å². The van der Waals surface area contributed by atoms with Crippen LogP contribution < -0.4 is 5.32 Å². The van der Waals surface area contributed by atoms with Gasteiger partial charge in [0.05, 0.1) is 0 Å². The van der Waals surface area contributed by atoms with Crippen LogP contribution >= 0.6 is 11.8 Å². The second kappa shape index (κ2) is 6.85. The van der Waals surface area contributed by atoms with E-state index in [-0.39, 0.29) is 0 Å². The molecule has 112 valence electrons. The minimum Gasteiger partial charge on any atom is -0.313 e. The largest absolute Gasteiger partial charge is 0.313 e. The minimum absolute atomic E-state index is 0.556. The van der Waals surface area contributed by atoms with Gasteiger partial charge in [-0.2, -0.15) is 11.8 Å². The monoisotopic (exact) mass is 283 g/mol. The second-order valence-corrected chi connectivity index (χ2v) is 8.90. The van der Waals surface area contributed by atoms with Crippen LogP contribution in [0.2, 0.25) is 0 Å². The van der Waals surface area contributed by atoms with Crippen molar-refractivity contribution >= 4 is 11.8 Å². The van der Waals surface area contributed by atoms with Crippen molar-refractivity contribution in [1.29, 1.82) is 0 Å². The van der Waals surface area contributed by atoms with Gasteiger partial charge in [-0.05, 0) is 50.2 Å². The fraction of sp³-hybridized carbons (Fsp3) is 1.00. The molecule has 2 saturated carbocycles. The quantitative estimate of drug-likeness (QED) is 0.729. The summed E-state index contributed by atoms with van der Waals surface area (Å²) in [6, 6.07) is 0.785. The van der Waals surface area contributed by atoms with E-state index >= 15 is 0 Å². The van der Waals surface area contributed by atoms with E-state index in [1.165, 1.54) is 70.8 Å². The number of hydrogen-bond donors (Lipinski definition) is 1. The van der Waals surface area contributed by atoms with Gasteiger partial charge in [-0.1, -0.05) is 39.5 Å². The average molecular weight is 284 g/mol. The summed E-state index contributed by atoms with van der Waals surface area (Å²) < 4.78 is 0.556. The van der Waals surface area contributed by atoms with Crippen LogP contribution in [0.1, 0.15) is 78.1 Å². The van der Waals surface area contributed by atoms with E-state index in [1.54, 1.807) is 0 Å². The Hall–Kier alpha value is 0.310. The van der Waals surface area contributed by atoms with E-state index in [0.29, 0.717) is 10.2 Å². The highest BCUT2D eigenvalue weighted by Gasteiger charge is 2.32. The van der Waals surface area contributed by atoms with Crippen LogP contribution in [-0.2, 0) is 0 Å². The minimum atomic E-state index is 0.556. The molecule has 0 aromatic heterocycles. The molecule has 0 radical (unpaired) electrons. The van der Waals surface area contributed by atoms with Crippen LogP contribution in [0.25, 0.3) is 0 Å². The van der Waals surface area contributed by atoms with Gasteiger partial charge in [0, 0.05) is 17.3 Å². The summed E-state index contributed by atoms with van der Waals surface area (Å²) in [5, 5.41) is 3.94. The molecule has 0 amide bonds. The van der Waals surface area contributed by atoms with Gasteiger partial charge in [0.25, 0.3) is 0 Å². The SMILES string of the molecule is CSC1(CNC2CCCC(C)(C)CC2)CCCCC1. The van der Waals surface area contributed by atoms with Crippen LogP contribution in [0.4, 0.5) is 0 Å². The molecule has 0 saturated heterocycles. The Labute approximate surface area is 124 Å². The zero-order valence-corrected chi connectivity index (χ0v) is 14.1. The van der Waals surface area contributed by atoms with Gasteiger partial charge < -0.3 is 5.32 Å². The second-order valence-electron chi connectivity index (χ2n) is 7.62. The molecule has 0 aromatic carbocycles. The molecular weight excluding hydrogens is 250 g/mol. The average Bonchev–Trinajstić information content (AvgIpc) is 2.59. The highest BCUT2D eigenvalue weighted by molar-refractivity contribution is 8.00. The Balaban J connectivity index is 1.80. The Morgan fingerprint density at radius 3 is 2.37 bits per heavy atom. The lowest BCUT2D eigenvalue weighted by Crippen LogP contribution is -2.43. The fourth-order valence-corrected chi connectivity index (χ4v) is 4.77. The lowest BCUT2D eigenvalue weighted by Gasteiger charge is -2.37. The maximum Gasteiger partial charge on any atom is 0.0281 e. The summed E-state index contributed by atoms with van der Waals surface area (Å²) >= 11 is 2.12. The Morgan fingerprint density at radius 1 is 0.947 bits per heavy atom. The number of rotatable bonds is 4. The van der Waals surface area contributed by atoms with Crippen molar-refractivity contribution in [3.63, 3.8) is 0 Å². The summed E-state index contributed by atoms with van der Waals surface area (Å²) in [7, 11) is 0. The Morgan fingerprint density at radius 2 is 1.68 bits per heavy atom. The number of nitrogens with one attached hydrogen (secondary N) is 1. The van der Waals surface area contributed by atoms with Crippen LogP contribution in [0.3, 0.4) is 0 Å². The molecule has 0 heterocycles. The van der Waals surface area contributed by atoms with Gasteiger partial charge in [0.15, 0.2) is 0 Å². The van der Waals surface area contributed by atoms with Gasteiger partial charge in [-0.15, -0.1) is 0 Å². The summed E-state index contributed by atoms with van der Waals surface area (Å²) in [5.41, 5.74) is 0.582. The molecule has 0 aliphatic heterocycles. The lowest BCUT2D eigenvalue weighted by atomic mass is 9.85.